The average molecular weight is 525 g/mol. The molecule has 4 aromatic rings. The largest absolute Gasteiger partial charge is 0.329 e. The lowest BCUT2D eigenvalue weighted by molar-refractivity contribution is 0.0967. The van der Waals surface area contributed by atoms with E-state index in [-0.39, 0.29) is 5.78 Å². The van der Waals surface area contributed by atoms with Gasteiger partial charge in [0.25, 0.3) is 0 Å². The average Bonchev–Trinajstić information content (AvgIpc) is 3.36. The lowest BCUT2D eigenvalue weighted by atomic mass is 10.0. The lowest BCUT2D eigenvalue weighted by Gasteiger charge is -2.32. The van der Waals surface area contributed by atoms with E-state index in [4.69, 9.17) is 5.73 Å². The van der Waals surface area contributed by atoms with Crippen molar-refractivity contribution in [3.05, 3.63) is 89.7 Å². The standard InChI is InChI=1S/C32H40N6O/c1-36-16-18-37(19-17-36)15-3-6-32(39)29-5-2-4-26(20-29)23-38-24-35-30-12-11-28(21-31(30)38)27-9-7-25(8-10-27)22-34-14-13-33/h2,4-5,7-12,20-21,24,34H,3,6,13-19,22-23,33H2,1H3. The number of nitrogens with zero attached hydrogens (tertiary/aromatic N) is 4. The van der Waals surface area contributed by atoms with Gasteiger partial charge in [-0.2, -0.15) is 0 Å². The molecule has 7 nitrogen and oxygen atoms in total. The van der Waals surface area contributed by atoms with Gasteiger partial charge in [-0.05, 0) is 60.5 Å². The molecule has 0 amide bonds. The van der Waals surface area contributed by atoms with Crippen molar-refractivity contribution in [2.24, 2.45) is 5.73 Å². The van der Waals surface area contributed by atoms with Gasteiger partial charge in [0, 0.05) is 64.3 Å². The Kier molecular flexibility index (Phi) is 9.16. The Balaban J connectivity index is 1.23. The maximum Gasteiger partial charge on any atom is 0.162 e. The fraction of sp³-hybridized carbons (Fsp3) is 0.375. The number of nitrogens with two attached hydrogens (primary N) is 1. The van der Waals surface area contributed by atoms with Gasteiger partial charge >= 0.3 is 0 Å². The van der Waals surface area contributed by atoms with Crippen molar-refractivity contribution in [3.8, 4) is 11.1 Å². The van der Waals surface area contributed by atoms with Crippen LogP contribution in [0.2, 0.25) is 0 Å². The van der Waals surface area contributed by atoms with Gasteiger partial charge in [0.1, 0.15) is 0 Å². The number of carbonyl (C=O) groups is 1. The van der Waals surface area contributed by atoms with Crippen molar-refractivity contribution in [1.29, 1.82) is 0 Å². The number of rotatable bonds is 12. The third-order valence-electron chi connectivity index (χ3n) is 7.63. The molecule has 7 heteroatoms. The fourth-order valence-electron chi connectivity index (χ4n) is 5.23. The van der Waals surface area contributed by atoms with Gasteiger partial charge in [-0.25, -0.2) is 4.98 Å². The molecule has 0 aliphatic carbocycles. The monoisotopic (exact) mass is 524 g/mol. The highest BCUT2D eigenvalue weighted by atomic mass is 16.1. The van der Waals surface area contributed by atoms with Crippen LogP contribution in [0.4, 0.5) is 0 Å². The molecule has 0 bridgehead atoms. The Morgan fingerprint density at radius 1 is 0.949 bits per heavy atom. The zero-order valence-electron chi connectivity index (χ0n) is 23.0. The van der Waals surface area contributed by atoms with E-state index < -0.39 is 0 Å². The predicted molar refractivity (Wildman–Crippen MR) is 159 cm³/mol. The molecule has 0 spiro atoms. The molecular formula is C32H40N6O. The molecule has 2 heterocycles. The van der Waals surface area contributed by atoms with Crippen LogP contribution in [0.5, 0.6) is 0 Å². The molecule has 1 aliphatic rings. The summed E-state index contributed by atoms with van der Waals surface area (Å²) in [5.74, 6) is 0.227. The summed E-state index contributed by atoms with van der Waals surface area (Å²) in [6, 6.07) is 23.2. The molecule has 5 rings (SSSR count). The Labute approximate surface area is 231 Å². The molecule has 3 N–H and O–H groups in total. The van der Waals surface area contributed by atoms with E-state index in [1.54, 1.807) is 0 Å². The van der Waals surface area contributed by atoms with Gasteiger partial charge in [-0.1, -0.05) is 48.5 Å². The Morgan fingerprint density at radius 3 is 2.54 bits per heavy atom. The maximum atomic E-state index is 12.9. The van der Waals surface area contributed by atoms with Gasteiger partial charge in [-0.15, -0.1) is 0 Å². The van der Waals surface area contributed by atoms with Crippen LogP contribution >= 0.6 is 0 Å². The summed E-state index contributed by atoms with van der Waals surface area (Å²) >= 11 is 0. The smallest absolute Gasteiger partial charge is 0.162 e. The number of aromatic nitrogens is 2. The van der Waals surface area contributed by atoms with E-state index in [1.807, 2.05) is 24.5 Å². The quantitative estimate of drug-likeness (QED) is 0.215. The van der Waals surface area contributed by atoms with Crippen LogP contribution in [0.25, 0.3) is 22.2 Å². The van der Waals surface area contributed by atoms with E-state index >= 15 is 0 Å². The number of carbonyl (C=O) groups excluding carboxylic acids is 1. The van der Waals surface area contributed by atoms with E-state index in [2.05, 4.69) is 80.2 Å². The molecule has 1 fully saturated rings. The third-order valence-corrected chi connectivity index (χ3v) is 7.63. The van der Waals surface area contributed by atoms with E-state index in [1.165, 1.54) is 11.1 Å². The van der Waals surface area contributed by atoms with Crippen LogP contribution in [-0.2, 0) is 13.1 Å². The summed E-state index contributed by atoms with van der Waals surface area (Å²) in [5.41, 5.74) is 13.1. The number of imidazole rings is 1. The van der Waals surface area contributed by atoms with E-state index in [0.717, 1.165) is 80.0 Å². The van der Waals surface area contributed by atoms with Crippen LogP contribution in [0.1, 0.15) is 34.3 Å². The second-order valence-corrected chi connectivity index (χ2v) is 10.6. The first kappa shape index (κ1) is 27.2. The Bertz CT molecular complexity index is 1370. The summed E-state index contributed by atoms with van der Waals surface area (Å²) in [7, 11) is 2.17. The zero-order chi connectivity index (χ0) is 27.0. The summed E-state index contributed by atoms with van der Waals surface area (Å²) in [6.45, 7) is 8.36. The molecule has 0 unspecified atom stereocenters. The topological polar surface area (TPSA) is 79.4 Å². The van der Waals surface area contributed by atoms with Gasteiger partial charge in [0.2, 0.25) is 0 Å². The number of hydrogen-bond donors (Lipinski definition) is 2. The summed E-state index contributed by atoms with van der Waals surface area (Å²) < 4.78 is 2.17. The molecule has 0 atom stereocenters. The van der Waals surface area contributed by atoms with Crippen molar-refractivity contribution in [3.63, 3.8) is 0 Å². The SMILES string of the molecule is CN1CCN(CCCC(=O)c2cccc(Cn3cnc4ccc(-c5ccc(CNCCN)cc5)cc43)c2)CC1. The fourth-order valence-corrected chi connectivity index (χ4v) is 5.23. The third kappa shape index (κ3) is 7.19. The summed E-state index contributed by atoms with van der Waals surface area (Å²) in [5, 5.41) is 3.34. The number of nitrogens with one attached hydrogen (secondary N) is 1. The summed E-state index contributed by atoms with van der Waals surface area (Å²) in [4.78, 5) is 22.4. The number of hydrogen-bond acceptors (Lipinski definition) is 6. The normalized spacial score (nSPS) is 14.7. The molecule has 1 aromatic heterocycles. The Morgan fingerprint density at radius 2 is 1.74 bits per heavy atom. The van der Waals surface area contributed by atoms with Crippen molar-refractivity contribution < 1.29 is 4.79 Å². The van der Waals surface area contributed by atoms with Crippen molar-refractivity contribution in [2.75, 3.05) is 52.9 Å². The van der Waals surface area contributed by atoms with E-state index in [0.29, 0.717) is 19.5 Å². The number of Topliss-reactive ketones (excluding diaryl/α,β-unsaturated/α-hetero) is 1. The molecule has 39 heavy (non-hydrogen) atoms. The first-order valence-corrected chi connectivity index (χ1v) is 14.1. The minimum absolute atomic E-state index is 0.227. The van der Waals surface area contributed by atoms with Gasteiger partial charge in [-0.3, -0.25) is 4.79 Å². The van der Waals surface area contributed by atoms with Crippen LogP contribution in [0.3, 0.4) is 0 Å². The molecule has 0 radical (unpaired) electrons. The highest BCUT2D eigenvalue weighted by molar-refractivity contribution is 5.96. The number of piperazine rings is 1. The number of likely N-dealkylation sites (N-methyl/N-ethyl adjacent to an activating group) is 1. The van der Waals surface area contributed by atoms with E-state index in [9.17, 15) is 4.79 Å². The molecule has 3 aromatic carbocycles. The number of benzene rings is 3. The van der Waals surface area contributed by atoms with Crippen molar-refractivity contribution in [2.45, 2.75) is 25.9 Å². The highest BCUT2D eigenvalue weighted by Crippen LogP contribution is 2.25. The molecule has 1 saturated heterocycles. The second kappa shape index (κ2) is 13.1. The molecular weight excluding hydrogens is 484 g/mol. The molecule has 1 aliphatic heterocycles. The van der Waals surface area contributed by atoms with Crippen LogP contribution < -0.4 is 11.1 Å². The number of fused-ring (bicyclic) bond motifs is 1. The summed E-state index contributed by atoms with van der Waals surface area (Å²) in [6.07, 6.45) is 3.40. The molecule has 0 saturated carbocycles. The van der Waals surface area contributed by atoms with Crippen molar-refractivity contribution >= 4 is 16.8 Å². The van der Waals surface area contributed by atoms with Crippen LogP contribution in [0.15, 0.2) is 73.1 Å². The van der Waals surface area contributed by atoms with Gasteiger partial charge in [0.15, 0.2) is 5.78 Å². The Hall–Kier alpha value is -3.36. The van der Waals surface area contributed by atoms with Crippen LogP contribution in [-0.4, -0.2) is 78.0 Å². The molecule has 204 valence electrons. The second-order valence-electron chi connectivity index (χ2n) is 10.6. The van der Waals surface area contributed by atoms with Crippen molar-refractivity contribution in [1.82, 2.24) is 24.7 Å². The maximum absolute atomic E-state index is 12.9. The van der Waals surface area contributed by atoms with Gasteiger partial charge in [0.05, 0.1) is 17.4 Å². The predicted octanol–water partition coefficient (Wildman–Crippen LogP) is 4.01. The number of ketones is 1. The van der Waals surface area contributed by atoms with Gasteiger partial charge < -0.3 is 25.4 Å². The zero-order valence-corrected chi connectivity index (χ0v) is 23.0. The first-order valence-electron chi connectivity index (χ1n) is 14.1. The minimum Gasteiger partial charge on any atom is -0.329 e. The van der Waals surface area contributed by atoms with Crippen LogP contribution in [0, 0.1) is 0 Å². The minimum atomic E-state index is 0.227. The lowest BCUT2D eigenvalue weighted by Crippen LogP contribution is -2.44. The first-order chi connectivity index (χ1) is 19.1. The highest BCUT2D eigenvalue weighted by Gasteiger charge is 2.14.